The van der Waals surface area contributed by atoms with Crippen LogP contribution >= 0.6 is 0 Å². The summed E-state index contributed by atoms with van der Waals surface area (Å²) in [6.45, 7) is 0.423. The Bertz CT molecular complexity index is 1180. The van der Waals surface area contributed by atoms with Crippen molar-refractivity contribution in [3.63, 3.8) is 0 Å². The Balaban J connectivity index is 1.58. The van der Waals surface area contributed by atoms with Crippen LogP contribution in [0.2, 0.25) is 0 Å². The fourth-order valence-corrected chi connectivity index (χ4v) is 3.24. The minimum atomic E-state index is -4.66. The van der Waals surface area contributed by atoms with Gasteiger partial charge in [0.1, 0.15) is 18.2 Å². The molecule has 35 heavy (non-hydrogen) atoms. The number of fused-ring (bicyclic) bond motifs is 1. The van der Waals surface area contributed by atoms with Crippen LogP contribution in [0.1, 0.15) is 29.3 Å². The normalized spacial score (nSPS) is 14.0. The van der Waals surface area contributed by atoms with Crippen molar-refractivity contribution >= 4 is 35.1 Å². The van der Waals surface area contributed by atoms with E-state index in [0.29, 0.717) is 12.1 Å². The highest BCUT2D eigenvalue weighted by atomic mass is 19.4. The molecule has 8 nitrogen and oxygen atoms in total. The van der Waals surface area contributed by atoms with Crippen molar-refractivity contribution in [1.29, 1.82) is 0 Å². The maximum atomic E-state index is 13.6. The maximum absolute atomic E-state index is 13.6. The van der Waals surface area contributed by atoms with E-state index in [-0.39, 0.29) is 17.9 Å². The maximum Gasteiger partial charge on any atom is 0.416 e. The van der Waals surface area contributed by atoms with Crippen molar-refractivity contribution in [2.45, 2.75) is 25.6 Å². The van der Waals surface area contributed by atoms with Gasteiger partial charge in [0.25, 0.3) is 11.8 Å². The Morgan fingerprint density at radius 2 is 1.86 bits per heavy atom. The second-order valence-corrected chi connectivity index (χ2v) is 7.46. The van der Waals surface area contributed by atoms with E-state index in [4.69, 9.17) is 4.74 Å². The summed E-state index contributed by atoms with van der Waals surface area (Å²) >= 11 is 0. The molecule has 1 aliphatic rings. The number of anilines is 2. The summed E-state index contributed by atoms with van der Waals surface area (Å²) in [5.74, 6) is -5.35. The number of rotatable bonds is 6. The number of carbonyl (C=O) groups excluding carboxylic acids is 4. The van der Waals surface area contributed by atoms with E-state index in [9.17, 15) is 41.1 Å². The minimum Gasteiger partial charge on any atom is -0.452 e. The van der Waals surface area contributed by atoms with Crippen LogP contribution in [0.5, 0.6) is 0 Å². The lowest BCUT2D eigenvalue weighted by Crippen LogP contribution is -2.47. The zero-order valence-corrected chi connectivity index (χ0v) is 18.0. The first-order valence-corrected chi connectivity index (χ1v) is 10.1. The lowest BCUT2D eigenvalue weighted by atomic mass is 10.1. The number of hydrogen-bond donors (Lipinski definition) is 2. The average Bonchev–Trinajstić information content (AvgIpc) is 2.76. The van der Waals surface area contributed by atoms with Crippen LogP contribution in [0.15, 0.2) is 36.4 Å². The number of nitrogens with one attached hydrogen (secondary N) is 2. The number of esters is 1. The Morgan fingerprint density at radius 1 is 1.14 bits per heavy atom. The van der Waals surface area contributed by atoms with Crippen LogP contribution in [-0.2, 0) is 25.3 Å². The molecule has 3 amide bonds. The second-order valence-electron chi connectivity index (χ2n) is 7.46. The quantitative estimate of drug-likeness (QED) is 0.470. The molecule has 13 heteroatoms. The third-order valence-corrected chi connectivity index (χ3v) is 4.90. The summed E-state index contributed by atoms with van der Waals surface area (Å²) < 4.78 is 70.4. The van der Waals surface area contributed by atoms with Crippen molar-refractivity contribution in [3.05, 3.63) is 59.2 Å². The van der Waals surface area contributed by atoms with Gasteiger partial charge in [0.05, 0.1) is 28.9 Å². The molecule has 2 N–H and O–H groups in total. The van der Waals surface area contributed by atoms with Gasteiger partial charge in [-0.15, -0.1) is 0 Å². The second kappa shape index (κ2) is 10.1. The summed E-state index contributed by atoms with van der Waals surface area (Å²) in [6, 6.07) is 4.81. The predicted molar refractivity (Wildman–Crippen MR) is 111 cm³/mol. The molecule has 1 unspecified atom stereocenters. The Hall–Kier alpha value is -4.03. The van der Waals surface area contributed by atoms with Crippen LogP contribution in [-0.4, -0.2) is 42.9 Å². The highest BCUT2D eigenvalue weighted by molar-refractivity contribution is 6.11. The van der Waals surface area contributed by atoms with Crippen molar-refractivity contribution in [3.8, 4) is 0 Å². The molecule has 2 aromatic rings. The largest absolute Gasteiger partial charge is 0.452 e. The van der Waals surface area contributed by atoms with Crippen molar-refractivity contribution < 1.29 is 45.9 Å². The van der Waals surface area contributed by atoms with E-state index >= 15 is 0 Å². The van der Waals surface area contributed by atoms with Gasteiger partial charge in [-0.1, -0.05) is 0 Å². The van der Waals surface area contributed by atoms with E-state index in [1.165, 1.54) is 6.92 Å². The molecule has 0 aromatic heterocycles. The van der Waals surface area contributed by atoms with Crippen LogP contribution in [0.4, 0.5) is 33.3 Å². The molecule has 0 aliphatic carbocycles. The molecule has 2 aromatic carbocycles. The number of carbonyl (C=O) groups is 4. The van der Waals surface area contributed by atoms with Crippen molar-refractivity contribution in [1.82, 2.24) is 5.32 Å². The predicted octanol–water partition coefficient (Wildman–Crippen LogP) is 3.02. The first kappa shape index (κ1) is 25.6. The highest BCUT2D eigenvalue weighted by Crippen LogP contribution is 2.37. The fourth-order valence-electron chi connectivity index (χ4n) is 3.24. The smallest absolute Gasteiger partial charge is 0.416 e. The molecular formula is C22H18F5N3O5. The molecule has 0 saturated heterocycles. The van der Waals surface area contributed by atoms with E-state index in [1.54, 1.807) is 0 Å². The zero-order chi connectivity index (χ0) is 25.9. The molecule has 1 atom stereocenters. The van der Waals surface area contributed by atoms with Gasteiger partial charge in [0, 0.05) is 12.6 Å². The Kier molecular flexibility index (Phi) is 7.37. The van der Waals surface area contributed by atoms with Crippen LogP contribution in [0.25, 0.3) is 0 Å². The summed E-state index contributed by atoms with van der Waals surface area (Å²) in [5, 5.41) is 4.52. The number of hydrogen-bond acceptors (Lipinski definition) is 5. The number of ether oxygens (including phenoxy) is 1. The summed E-state index contributed by atoms with van der Waals surface area (Å²) in [5.41, 5.74) is -1.68. The van der Waals surface area contributed by atoms with Gasteiger partial charge in [0.15, 0.2) is 6.10 Å². The number of halogens is 5. The summed E-state index contributed by atoms with van der Waals surface area (Å²) in [4.78, 5) is 49.6. The van der Waals surface area contributed by atoms with Gasteiger partial charge in [0.2, 0.25) is 5.91 Å². The highest BCUT2D eigenvalue weighted by Gasteiger charge is 2.35. The topological polar surface area (TPSA) is 105 Å². The first-order chi connectivity index (χ1) is 16.4. The molecule has 1 heterocycles. The number of alkyl halides is 3. The van der Waals surface area contributed by atoms with E-state index in [2.05, 4.69) is 10.6 Å². The standard InChI is InChI=1S/C22H18F5N3O5/c1-11(35-19(32)6-7-28-20(33)14-4-3-13(23)9-15(14)24)21(34)30-10-18(31)29-16-8-12(22(25,26)27)2-5-17(16)30/h2-5,8-9,11H,6-7,10H2,1H3,(H,28,33)(H,29,31). The van der Waals surface area contributed by atoms with E-state index in [1.807, 2.05) is 0 Å². The van der Waals surface area contributed by atoms with Gasteiger partial charge in [-0.3, -0.25) is 24.1 Å². The fraction of sp³-hybridized carbons (Fsp3) is 0.273. The van der Waals surface area contributed by atoms with Gasteiger partial charge >= 0.3 is 12.1 Å². The first-order valence-electron chi connectivity index (χ1n) is 10.1. The molecular weight excluding hydrogens is 481 g/mol. The van der Waals surface area contributed by atoms with Gasteiger partial charge in [-0.05, 0) is 37.3 Å². The molecule has 1 aliphatic heterocycles. The number of nitrogens with zero attached hydrogens (tertiary/aromatic N) is 1. The number of benzene rings is 2. The van der Waals surface area contributed by atoms with Crippen molar-refractivity contribution in [2.75, 3.05) is 23.3 Å². The molecule has 0 radical (unpaired) electrons. The van der Waals surface area contributed by atoms with Gasteiger partial charge in [-0.2, -0.15) is 13.2 Å². The molecule has 0 fully saturated rings. The Labute approximate surface area is 195 Å². The third-order valence-electron chi connectivity index (χ3n) is 4.90. The average molecular weight is 499 g/mol. The van der Waals surface area contributed by atoms with Crippen LogP contribution in [0.3, 0.4) is 0 Å². The monoisotopic (exact) mass is 499 g/mol. The summed E-state index contributed by atoms with van der Waals surface area (Å²) in [7, 11) is 0. The minimum absolute atomic E-state index is 0.000846. The van der Waals surface area contributed by atoms with Gasteiger partial charge in [-0.25, -0.2) is 8.78 Å². The zero-order valence-electron chi connectivity index (χ0n) is 18.0. The van der Waals surface area contributed by atoms with E-state index in [0.717, 1.165) is 29.2 Å². The molecule has 0 saturated carbocycles. The van der Waals surface area contributed by atoms with E-state index < -0.39 is 71.7 Å². The number of amides is 3. The SMILES string of the molecule is CC(OC(=O)CCNC(=O)c1ccc(F)cc1F)C(=O)N1CC(=O)Nc2cc(C(F)(F)F)ccc21. The lowest BCUT2D eigenvalue weighted by Gasteiger charge is -2.31. The molecule has 186 valence electrons. The van der Waals surface area contributed by atoms with Crippen LogP contribution in [0, 0.1) is 11.6 Å². The van der Waals surface area contributed by atoms with Crippen LogP contribution < -0.4 is 15.5 Å². The molecule has 0 bridgehead atoms. The summed E-state index contributed by atoms with van der Waals surface area (Å²) in [6.07, 6.45) is -6.47. The Morgan fingerprint density at radius 3 is 2.51 bits per heavy atom. The van der Waals surface area contributed by atoms with Gasteiger partial charge < -0.3 is 15.4 Å². The van der Waals surface area contributed by atoms with Crippen molar-refractivity contribution in [2.24, 2.45) is 0 Å². The lowest BCUT2D eigenvalue weighted by molar-refractivity contribution is -0.153. The molecule has 3 rings (SSSR count). The molecule has 0 spiro atoms. The third kappa shape index (κ3) is 6.11.